The summed E-state index contributed by atoms with van der Waals surface area (Å²) in [7, 11) is -1.07. The van der Waals surface area contributed by atoms with Gasteiger partial charge in [0, 0.05) is 15.6 Å². The van der Waals surface area contributed by atoms with Crippen molar-refractivity contribution in [3.63, 3.8) is 0 Å². The molecular formula is C13H12ClNOS. The van der Waals surface area contributed by atoms with Gasteiger partial charge in [-0.1, -0.05) is 23.7 Å². The highest BCUT2D eigenvalue weighted by atomic mass is 35.5. The number of nitrogen functional groups attached to an aromatic ring is 1. The van der Waals surface area contributed by atoms with Crippen LogP contribution in [0.15, 0.2) is 53.4 Å². The van der Waals surface area contributed by atoms with Gasteiger partial charge in [0.05, 0.1) is 16.6 Å². The predicted octanol–water partition coefficient (Wildman–Crippen LogP) is 3.23. The standard InChI is InChI=1S/C13H12ClNOS/c14-11-3-1-2-10(8-11)9-17(16)13-6-4-12(15)5-7-13/h1-8H,9,15H2. The van der Waals surface area contributed by atoms with E-state index in [1.165, 1.54) is 0 Å². The molecule has 0 amide bonds. The van der Waals surface area contributed by atoms with Crippen LogP contribution in [-0.2, 0) is 16.6 Å². The molecule has 0 aliphatic heterocycles. The molecule has 0 radical (unpaired) electrons. The van der Waals surface area contributed by atoms with Crippen molar-refractivity contribution in [2.45, 2.75) is 10.6 Å². The minimum Gasteiger partial charge on any atom is -0.399 e. The topological polar surface area (TPSA) is 43.1 Å². The number of nitrogens with two attached hydrogens (primary N) is 1. The van der Waals surface area contributed by atoms with Gasteiger partial charge < -0.3 is 5.73 Å². The van der Waals surface area contributed by atoms with Crippen molar-refractivity contribution in [3.8, 4) is 0 Å². The predicted molar refractivity (Wildman–Crippen MR) is 72.4 cm³/mol. The van der Waals surface area contributed by atoms with Gasteiger partial charge in [0.25, 0.3) is 0 Å². The van der Waals surface area contributed by atoms with Crippen molar-refractivity contribution in [2.75, 3.05) is 5.73 Å². The highest BCUT2D eigenvalue weighted by Crippen LogP contribution is 2.16. The van der Waals surface area contributed by atoms with Crippen LogP contribution < -0.4 is 5.73 Å². The molecule has 1 unspecified atom stereocenters. The second-order valence-electron chi connectivity index (χ2n) is 3.69. The Morgan fingerprint density at radius 1 is 1.12 bits per heavy atom. The van der Waals surface area contributed by atoms with E-state index in [9.17, 15) is 4.21 Å². The molecule has 4 heteroatoms. The van der Waals surface area contributed by atoms with Gasteiger partial charge in [-0.2, -0.15) is 0 Å². The highest BCUT2D eigenvalue weighted by Gasteiger charge is 2.05. The Hall–Kier alpha value is -1.32. The molecule has 2 nitrogen and oxygen atoms in total. The minimum atomic E-state index is -1.07. The Bertz CT molecular complexity index is 539. The average Bonchev–Trinajstić information content (AvgIpc) is 2.29. The maximum absolute atomic E-state index is 12.1. The molecule has 2 N–H and O–H groups in total. The number of anilines is 1. The van der Waals surface area contributed by atoms with Gasteiger partial charge in [0.15, 0.2) is 0 Å². The summed E-state index contributed by atoms with van der Waals surface area (Å²) < 4.78 is 12.1. The molecule has 0 fully saturated rings. The molecule has 0 saturated carbocycles. The molecule has 0 saturated heterocycles. The van der Waals surface area contributed by atoms with Crippen LogP contribution in [-0.4, -0.2) is 4.21 Å². The van der Waals surface area contributed by atoms with Crippen molar-refractivity contribution in [3.05, 3.63) is 59.1 Å². The van der Waals surface area contributed by atoms with E-state index >= 15 is 0 Å². The summed E-state index contributed by atoms with van der Waals surface area (Å²) in [6.07, 6.45) is 0. The Labute approximate surface area is 108 Å². The van der Waals surface area contributed by atoms with E-state index in [0.717, 1.165) is 10.5 Å². The van der Waals surface area contributed by atoms with Crippen LogP contribution in [0.25, 0.3) is 0 Å². The third-order valence-corrected chi connectivity index (χ3v) is 3.96. The summed E-state index contributed by atoms with van der Waals surface area (Å²) in [6.45, 7) is 0. The van der Waals surface area contributed by atoms with Gasteiger partial charge in [-0.05, 0) is 42.0 Å². The summed E-state index contributed by atoms with van der Waals surface area (Å²) in [5.41, 5.74) is 7.22. The van der Waals surface area contributed by atoms with E-state index in [4.69, 9.17) is 17.3 Å². The van der Waals surface area contributed by atoms with Crippen molar-refractivity contribution in [1.82, 2.24) is 0 Å². The summed E-state index contributed by atoms with van der Waals surface area (Å²) in [4.78, 5) is 0.777. The van der Waals surface area contributed by atoms with Crippen molar-refractivity contribution >= 4 is 28.1 Å². The lowest BCUT2D eigenvalue weighted by Crippen LogP contribution is -1.96. The molecule has 0 spiro atoms. The van der Waals surface area contributed by atoms with Gasteiger partial charge in [-0.25, -0.2) is 0 Å². The third-order valence-electron chi connectivity index (χ3n) is 2.33. The zero-order valence-electron chi connectivity index (χ0n) is 9.10. The van der Waals surface area contributed by atoms with Crippen LogP contribution in [0.4, 0.5) is 5.69 Å². The van der Waals surface area contributed by atoms with E-state index in [2.05, 4.69) is 0 Å². The minimum absolute atomic E-state index is 0.463. The van der Waals surface area contributed by atoms with Crippen LogP contribution in [0.3, 0.4) is 0 Å². The molecule has 2 aromatic carbocycles. The number of halogens is 1. The largest absolute Gasteiger partial charge is 0.399 e. The summed E-state index contributed by atoms with van der Waals surface area (Å²) in [6, 6.07) is 14.5. The molecule has 88 valence electrons. The van der Waals surface area contributed by atoms with Gasteiger partial charge in [-0.15, -0.1) is 0 Å². The van der Waals surface area contributed by atoms with E-state index in [1.54, 1.807) is 30.3 Å². The Kier molecular flexibility index (Phi) is 3.82. The molecule has 0 bridgehead atoms. The summed E-state index contributed by atoms with van der Waals surface area (Å²) in [5.74, 6) is 0.463. The van der Waals surface area contributed by atoms with Gasteiger partial charge >= 0.3 is 0 Å². The van der Waals surface area contributed by atoms with Crippen molar-refractivity contribution in [1.29, 1.82) is 0 Å². The number of rotatable bonds is 3. The lowest BCUT2D eigenvalue weighted by molar-refractivity contribution is 0.682. The molecule has 17 heavy (non-hydrogen) atoms. The summed E-state index contributed by atoms with van der Waals surface area (Å²) in [5, 5.41) is 0.664. The third kappa shape index (κ3) is 3.32. The number of benzene rings is 2. The van der Waals surface area contributed by atoms with Gasteiger partial charge in [-0.3, -0.25) is 4.21 Å². The van der Waals surface area contributed by atoms with E-state index in [1.807, 2.05) is 18.2 Å². The van der Waals surface area contributed by atoms with Gasteiger partial charge in [0.2, 0.25) is 0 Å². The zero-order chi connectivity index (χ0) is 12.3. The van der Waals surface area contributed by atoms with Crippen LogP contribution in [0.5, 0.6) is 0 Å². The lowest BCUT2D eigenvalue weighted by Gasteiger charge is -2.03. The maximum Gasteiger partial charge on any atom is 0.0574 e. The van der Waals surface area contributed by atoms with Crippen LogP contribution in [0, 0.1) is 0 Å². The maximum atomic E-state index is 12.1. The molecule has 0 heterocycles. The first kappa shape index (κ1) is 12.1. The average molecular weight is 266 g/mol. The van der Waals surface area contributed by atoms with Crippen LogP contribution in [0.1, 0.15) is 5.56 Å². The first-order valence-corrected chi connectivity index (χ1v) is 6.83. The fraction of sp³-hybridized carbons (Fsp3) is 0.0769. The quantitative estimate of drug-likeness (QED) is 0.866. The van der Waals surface area contributed by atoms with Crippen molar-refractivity contribution < 1.29 is 4.21 Å². The second-order valence-corrected chi connectivity index (χ2v) is 5.58. The SMILES string of the molecule is Nc1ccc(S(=O)Cc2cccc(Cl)c2)cc1. The molecule has 0 aliphatic rings. The smallest absolute Gasteiger partial charge is 0.0574 e. The molecular weight excluding hydrogens is 254 g/mol. The highest BCUT2D eigenvalue weighted by molar-refractivity contribution is 7.84. The van der Waals surface area contributed by atoms with Crippen LogP contribution >= 0.6 is 11.6 Å². The number of hydrogen-bond acceptors (Lipinski definition) is 2. The van der Waals surface area contributed by atoms with E-state index in [-0.39, 0.29) is 0 Å². The molecule has 2 rings (SSSR count). The zero-order valence-corrected chi connectivity index (χ0v) is 10.7. The fourth-order valence-electron chi connectivity index (χ4n) is 1.48. The molecule has 0 aromatic heterocycles. The summed E-state index contributed by atoms with van der Waals surface area (Å²) >= 11 is 5.88. The van der Waals surface area contributed by atoms with Crippen LogP contribution in [0.2, 0.25) is 5.02 Å². The Morgan fingerprint density at radius 3 is 2.47 bits per heavy atom. The Morgan fingerprint density at radius 2 is 1.82 bits per heavy atom. The molecule has 1 atom stereocenters. The first-order chi connectivity index (χ1) is 8.15. The monoisotopic (exact) mass is 265 g/mol. The van der Waals surface area contributed by atoms with Crippen molar-refractivity contribution in [2.24, 2.45) is 0 Å². The molecule has 2 aromatic rings. The Balaban J connectivity index is 2.14. The van der Waals surface area contributed by atoms with E-state index in [0.29, 0.717) is 16.5 Å². The van der Waals surface area contributed by atoms with Gasteiger partial charge in [0.1, 0.15) is 0 Å². The normalized spacial score (nSPS) is 12.3. The second kappa shape index (κ2) is 5.34. The number of hydrogen-bond donors (Lipinski definition) is 1. The molecule has 0 aliphatic carbocycles. The fourth-order valence-corrected chi connectivity index (χ4v) is 2.78. The first-order valence-electron chi connectivity index (χ1n) is 5.13. The van der Waals surface area contributed by atoms with E-state index < -0.39 is 10.8 Å². The lowest BCUT2D eigenvalue weighted by atomic mass is 10.2.